The Hall–Kier alpha value is -1.26. The first-order valence-electron chi connectivity index (χ1n) is 6.49. The number of oxime groups is 1. The minimum atomic E-state index is 0.129. The van der Waals surface area contributed by atoms with E-state index in [-0.39, 0.29) is 24.2 Å². The Morgan fingerprint density at radius 1 is 1.24 bits per heavy atom. The van der Waals surface area contributed by atoms with Crippen molar-refractivity contribution in [2.75, 3.05) is 6.54 Å². The van der Waals surface area contributed by atoms with Crippen LogP contribution >= 0.6 is 0 Å². The topological polar surface area (TPSA) is 78.9 Å². The molecule has 2 fully saturated rings. The zero-order valence-electron chi connectivity index (χ0n) is 10.1. The Balaban J connectivity index is 2.02. The van der Waals surface area contributed by atoms with E-state index in [1.807, 2.05) is 4.90 Å². The van der Waals surface area contributed by atoms with Crippen molar-refractivity contribution < 1.29 is 10.0 Å². The van der Waals surface area contributed by atoms with Crippen molar-refractivity contribution in [2.45, 2.75) is 51.0 Å². The van der Waals surface area contributed by atoms with Gasteiger partial charge < -0.3 is 15.8 Å². The fraction of sp³-hybridized carbons (Fsp3) is 0.833. The van der Waals surface area contributed by atoms with Crippen LogP contribution in [-0.4, -0.2) is 34.4 Å². The van der Waals surface area contributed by atoms with E-state index in [1.165, 1.54) is 12.8 Å². The molecule has 0 aromatic rings. The van der Waals surface area contributed by atoms with Crippen LogP contribution in [0.25, 0.3) is 0 Å². The lowest BCUT2D eigenvalue weighted by Crippen LogP contribution is -2.48. The van der Waals surface area contributed by atoms with Crippen molar-refractivity contribution in [3.63, 3.8) is 0 Å². The first-order chi connectivity index (χ1) is 8.22. The van der Waals surface area contributed by atoms with Gasteiger partial charge >= 0.3 is 0 Å². The van der Waals surface area contributed by atoms with Crippen LogP contribution in [0.1, 0.15) is 44.9 Å². The van der Waals surface area contributed by atoms with Crippen LogP contribution in [0.5, 0.6) is 0 Å². The molecule has 0 heterocycles. The van der Waals surface area contributed by atoms with E-state index in [2.05, 4.69) is 5.16 Å². The molecule has 0 spiro atoms. The lowest BCUT2D eigenvalue weighted by Gasteiger charge is -2.35. The molecule has 1 amide bonds. The summed E-state index contributed by atoms with van der Waals surface area (Å²) in [4.78, 5) is 14.1. The molecule has 0 atom stereocenters. The van der Waals surface area contributed by atoms with Crippen LogP contribution < -0.4 is 5.73 Å². The summed E-state index contributed by atoms with van der Waals surface area (Å²) in [5.74, 6) is 0.515. The predicted molar refractivity (Wildman–Crippen MR) is 64.7 cm³/mol. The van der Waals surface area contributed by atoms with Crippen LogP contribution in [0.4, 0.5) is 0 Å². The normalized spacial score (nSPS) is 22.5. The number of nitrogens with two attached hydrogens (primary N) is 1. The second-order valence-electron chi connectivity index (χ2n) is 5.12. The number of hydrogen-bond acceptors (Lipinski definition) is 3. The number of amidine groups is 1. The Morgan fingerprint density at radius 2 is 1.88 bits per heavy atom. The fourth-order valence-corrected chi connectivity index (χ4v) is 2.70. The summed E-state index contributed by atoms with van der Waals surface area (Å²) in [7, 11) is 0. The van der Waals surface area contributed by atoms with E-state index in [0.717, 1.165) is 32.1 Å². The molecular weight excluding hydrogens is 218 g/mol. The van der Waals surface area contributed by atoms with Crippen molar-refractivity contribution in [3.8, 4) is 0 Å². The van der Waals surface area contributed by atoms with E-state index < -0.39 is 0 Å². The molecular formula is C12H21N3O2. The molecule has 0 aromatic carbocycles. The standard InChI is InChI=1S/C12H21N3O2/c13-11(14-17)8-15(10-6-1-2-7-10)12(16)9-4-3-5-9/h9-10,17H,1-8H2,(H2,13,14). The number of carbonyl (C=O) groups excluding carboxylic acids is 1. The molecule has 17 heavy (non-hydrogen) atoms. The zero-order valence-corrected chi connectivity index (χ0v) is 10.1. The van der Waals surface area contributed by atoms with Crippen molar-refractivity contribution >= 4 is 11.7 Å². The molecule has 0 aliphatic heterocycles. The van der Waals surface area contributed by atoms with Crippen LogP contribution in [-0.2, 0) is 4.79 Å². The van der Waals surface area contributed by atoms with E-state index >= 15 is 0 Å². The molecule has 96 valence electrons. The number of carbonyl (C=O) groups is 1. The van der Waals surface area contributed by atoms with Gasteiger partial charge in [0.1, 0.15) is 0 Å². The third kappa shape index (κ3) is 2.70. The monoisotopic (exact) mass is 239 g/mol. The van der Waals surface area contributed by atoms with Gasteiger partial charge in [-0.2, -0.15) is 0 Å². The van der Waals surface area contributed by atoms with Crippen molar-refractivity contribution in [1.82, 2.24) is 4.90 Å². The highest BCUT2D eigenvalue weighted by molar-refractivity contribution is 5.88. The summed E-state index contributed by atoms with van der Waals surface area (Å²) in [6.07, 6.45) is 7.61. The summed E-state index contributed by atoms with van der Waals surface area (Å²) in [6, 6.07) is 0.295. The summed E-state index contributed by atoms with van der Waals surface area (Å²) in [5.41, 5.74) is 5.54. The van der Waals surface area contributed by atoms with Gasteiger partial charge in [0.2, 0.25) is 5.91 Å². The molecule has 0 unspecified atom stereocenters. The summed E-state index contributed by atoms with van der Waals surface area (Å²) in [6.45, 7) is 0.274. The summed E-state index contributed by atoms with van der Waals surface area (Å²) >= 11 is 0. The van der Waals surface area contributed by atoms with E-state index in [0.29, 0.717) is 6.04 Å². The Kier molecular flexibility index (Phi) is 3.86. The van der Waals surface area contributed by atoms with Gasteiger partial charge in [-0.15, -0.1) is 0 Å². The fourth-order valence-electron chi connectivity index (χ4n) is 2.70. The smallest absolute Gasteiger partial charge is 0.226 e. The lowest BCUT2D eigenvalue weighted by atomic mass is 9.84. The maximum absolute atomic E-state index is 12.3. The number of rotatable bonds is 4. The van der Waals surface area contributed by atoms with Gasteiger partial charge in [-0.1, -0.05) is 24.4 Å². The molecule has 0 bridgehead atoms. The minimum absolute atomic E-state index is 0.129. The second kappa shape index (κ2) is 5.38. The van der Waals surface area contributed by atoms with Crippen LogP contribution in [0.2, 0.25) is 0 Å². The zero-order chi connectivity index (χ0) is 12.3. The van der Waals surface area contributed by atoms with Gasteiger partial charge in [-0.05, 0) is 25.7 Å². The number of amides is 1. The highest BCUT2D eigenvalue weighted by Crippen LogP contribution is 2.31. The van der Waals surface area contributed by atoms with Crippen molar-refractivity contribution in [2.24, 2.45) is 16.8 Å². The Labute approximate surface area is 102 Å². The van der Waals surface area contributed by atoms with Crippen LogP contribution in [0.3, 0.4) is 0 Å². The van der Waals surface area contributed by atoms with Crippen molar-refractivity contribution in [1.29, 1.82) is 0 Å². The maximum Gasteiger partial charge on any atom is 0.226 e. The predicted octanol–water partition coefficient (Wildman–Crippen LogP) is 1.30. The summed E-state index contributed by atoms with van der Waals surface area (Å²) < 4.78 is 0. The Bertz CT molecular complexity index is 307. The van der Waals surface area contributed by atoms with Gasteiger partial charge in [0.25, 0.3) is 0 Å². The van der Waals surface area contributed by atoms with Gasteiger partial charge in [-0.25, -0.2) is 0 Å². The van der Waals surface area contributed by atoms with Gasteiger partial charge in [0.05, 0.1) is 6.54 Å². The van der Waals surface area contributed by atoms with Crippen LogP contribution in [0.15, 0.2) is 5.16 Å². The molecule has 2 aliphatic rings. The quantitative estimate of drug-likeness (QED) is 0.336. The van der Waals surface area contributed by atoms with E-state index in [1.54, 1.807) is 0 Å². The third-order valence-electron chi connectivity index (χ3n) is 3.96. The Morgan fingerprint density at radius 3 is 2.35 bits per heavy atom. The molecule has 5 heteroatoms. The molecule has 0 saturated heterocycles. The highest BCUT2D eigenvalue weighted by Gasteiger charge is 2.34. The summed E-state index contributed by atoms with van der Waals surface area (Å²) in [5, 5.41) is 11.6. The highest BCUT2D eigenvalue weighted by atomic mass is 16.4. The van der Waals surface area contributed by atoms with E-state index in [9.17, 15) is 4.79 Å². The van der Waals surface area contributed by atoms with E-state index in [4.69, 9.17) is 10.9 Å². The minimum Gasteiger partial charge on any atom is -0.409 e. The molecule has 2 saturated carbocycles. The molecule has 0 aromatic heterocycles. The SMILES string of the molecule is NC(CN(C(=O)C1CCC1)C1CCCC1)=NO. The molecule has 3 N–H and O–H groups in total. The average Bonchev–Trinajstić information content (AvgIpc) is 2.76. The second-order valence-corrected chi connectivity index (χ2v) is 5.12. The third-order valence-corrected chi connectivity index (χ3v) is 3.96. The first kappa shape index (κ1) is 12.2. The molecule has 0 radical (unpaired) electrons. The van der Waals surface area contributed by atoms with Gasteiger partial charge in [-0.3, -0.25) is 4.79 Å². The van der Waals surface area contributed by atoms with Gasteiger partial charge in [0, 0.05) is 12.0 Å². The molecule has 2 aliphatic carbocycles. The molecule has 2 rings (SSSR count). The number of hydrogen-bond donors (Lipinski definition) is 2. The molecule has 5 nitrogen and oxygen atoms in total. The van der Waals surface area contributed by atoms with Crippen molar-refractivity contribution in [3.05, 3.63) is 0 Å². The van der Waals surface area contributed by atoms with Gasteiger partial charge in [0.15, 0.2) is 5.84 Å². The first-order valence-corrected chi connectivity index (χ1v) is 6.49. The maximum atomic E-state index is 12.3. The lowest BCUT2D eigenvalue weighted by molar-refractivity contribution is -0.139. The average molecular weight is 239 g/mol. The van der Waals surface area contributed by atoms with Crippen LogP contribution in [0, 0.1) is 5.92 Å². The number of nitrogens with zero attached hydrogens (tertiary/aromatic N) is 2. The largest absolute Gasteiger partial charge is 0.409 e.